The van der Waals surface area contributed by atoms with Crippen LogP contribution in [0.5, 0.6) is 0 Å². The number of aliphatic carboxylic acids is 1. The molecule has 0 radical (unpaired) electrons. The Morgan fingerprint density at radius 1 is 1.37 bits per heavy atom. The molecule has 2 N–H and O–H groups in total. The summed E-state index contributed by atoms with van der Waals surface area (Å²) in [6, 6.07) is 6.60. The van der Waals surface area contributed by atoms with Crippen LogP contribution >= 0.6 is 23.4 Å². The minimum Gasteiger partial charge on any atom is -0.480 e. The van der Waals surface area contributed by atoms with Gasteiger partial charge in [-0.25, -0.2) is 4.79 Å². The van der Waals surface area contributed by atoms with Crippen molar-refractivity contribution in [3.8, 4) is 0 Å². The fourth-order valence-corrected chi connectivity index (χ4v) is 2.34. The van der Waals surface area contributed by atoms with Gasteiger partial charge in [0.25, 0.3) is 0 Å². The number of hydrogen-bond donors (Lipinski definition) is 2. The molecule has 1 aromatic rings. The highest BCUT2D eigenvalue weighted by Gasteiger charge is 2.17. The van der Waals surface area contributed by atoms with E-state index >= 15 is 0 Å². The maximum atomic E-state index is 11.5. The summed E-state index contributed by atoms with van der Waals surface area (Å²) >= 11 is 7.21. The second-order valence-electron chi connectivity index (χ2n) is 3.99. The molecule has 1 amide bonds. The molecule has 0 saturated carbocycles. The zero-order chi connectivity index (χ0) is 14.3. The summed E-state index contributed by atoms with van der Waals surface area (Å²) in [6.07, 6.45) is 0.378. The van der Waals surface area contributed by atoms with Crippen molar-refractivity contribution in [2.45, 2.75) is 25.1 Å². The Kier molecular flexibility index (Phi) is 6.73. The minimum atomic E-state index is -1.00. The lowest BCUT2D eigenvalue weighted by Gasteiger charge is -2.11. The van der Waals surface area contributed by atoms with E-state index in [0.717, 1.165) is 5.56 Å². The first-order valence-corrected chi connectivity index (χ1v) is 7.40. The number of carbonyl (C=O) groups is 2. The summed E-state index contributed by atoms with van der Waals surface area (Å²) in [5.41, 5.74) is 1.08. The molecule has 0 unspecified atom stereocenters. The fraction of sp³-hybridized carbons (Fsp3) is 0.385. The molecule has 104 valence electrons. The Labute approximate surface area is 121 Å². The molecule has 0 aromatic heterocycles. The number of carboxylic acids is 1. The van der Waals surface area contributed by atoms with Gasteiger partial charge in [-0.15, -0.1) is 11.8 Å². The van der Waals surface area contributed by atoms with E-state index in [9.17, 15) is 9.59 Å². The predicted octanol–water partition coefficient (Wildman–Crippen LogP) is 2.55. The number of thioether (sulfide) groups is 1. The summed E-state index contributed by atoms with van der Waals surface area (Å²) in [6.45, 7) is 1.72. The van der Waals surface area contributed by atoms with Crippen LogP contribution < -0.4 is 5.32 Å². The molecule has 0 saturated heterocycles. The zero-order valence-electron chi connectivity index (χ0n) is 10.6. The summed E-state index contributed by atoms with van der Waals surface area (Å²) in [5, 5.41) is 12.0. The second kappa shape index (κ2) is 8.07. The number of hydrogen-bond acceptors (Lipinski definition) is 3. The number of amides is 1. The van der Waals surface area contributed by atoms with Crippen molar-refractivity contribution in [2.24, 2.45) is 0 Å². The highest BCUT2D eigenvalue weighted by Crippen LogP contribution is 2.15. The van der Waals surface area contributed by atoms with Crippen LogP contribution in [0.15, 0.2) is 24.3 Å². The molecule has 1 atom stereocenters. The van der Waals surface area contributed by atoms with E-state index in [2.05, 4.69) is 5.32 Å². The van der Waals surface area contributed by atoms with Crippen molar-refractivity contribution >= 4 is 35.2 Å². The largest absolute Gasteiger partial charge is 0.480 e. The summed E-state index contributed by atoms with van der Waals surface area (Å²) < 4.78 is 0. The van der Waals surface area contributed by atoms with Crippen LogP contribution in [0, 0.1) is 0 Å². The second-order valence-corrected chi connectivity index (χ2v) is 5.41. The first kappa shape index (κ1) is 15.9. The molecule has 0 aliphatic heterocycles. The monoisotopic (exact) mass is 301 g/mol. The third kappa shape index (κ3) is 5.98. The molecule has 6 heteroatoms. The fourth-order valence-electron chi connectivity index (χ4n) is 1.42. The summed E-state index contributed by atoms with van der Waals surface area (Å²) in [7, 11) is 0. The lowest BCUT2D eigenvalue weighted by atomic mass is 10.2. The Bertz CT molecular complexity index is 436. The van der Waals surface area contributed by atoms with Gasteiger partial charge in [-0.1, -0.05) is 30.7 Å². The van der Waals surface area contributed by atoms with Crippen molar-refractivity contribution < 1.29 is 14.7 Å². The predicted molar refractivity (Wildman–Crippen MR) is 77.5 cm³/mol. The van der Waals surface area contributed by atoms with Crippen LogP contribution in [0.3, 0.4) is 0 Å². The molecule has 1 rings (SSSR count). The van der Waals surface area contributed by atoms with E-state index in [4.69, 9.17) is 16.7 Å². The minimum absolute atomic E-state index is 0.242. The van der Waals surface area contributed by atoms with Gasteiger partial charge in [-0.3, -0.25) is 4.79 Å². The topological polar surface area (TPSA) is 66.4 Å². The lowest BCUT2D eigenvalue weighted by Crippen LogP contribution is -2.41. The first-order chi connectivity index (χ1) is 9.02. The van der Waals surface area contributed by atoms with Crippen molar-refractivity contribution in [3.63, 3.8) is 0 Å². The molecule has 0 heterocycles. The van der Waals surface area contributed by atoms with Gasteiger partial charge in [-0.2, -0.15) is 0 Å². The normalized spacial score (nSPS) is 11.9. The van der Waals surface area contributed by atoms with E-state index in [-0.39, 0.29) is 11.7 Å². The highest BCUT2D eigenvalue weighted by atomic mass is 35.5. The van der Waals surface area contributed by atoms with Crippen LogP contribution in [0.2, 0.25) is 5.02 Å². The Morgan fingerprint density at radius 2 is 2.00 bits per heavy atom. The molecule has 0 aliphatic rings. The average Bonchev–Trinajstić information content (AvgIpc) is 2.38. The van der Waals surface area contributed by atoms with E-state index in [1.807, 2.05) is 12.1 Å². The van der Waals surface area contributed by atoms with Crippen molar-refractivity contribution in [3.05, 3.63) is 34.9 Å². The first-order valence-electron chi connectivity index (χ1n) is 5.87. The Morgan fingerprint density at radius 3 is 2.53 bits per heavy atom. The average molecular weight is 302 g/mol. The van der Waals surface area contributed by atoms with Crippen LogP contribution in [-0.2, 0) is 15.3 Å². The molecule has 1 aromatic carbocycles. The smallest absolute Gasteiger partial charge is 0.326 e. The third-order valence-corrected chi connectivity index (χ3v) is 3.71. The number of rotatable bonds is 7. The van der Waals surface area contributed by atoms with E-state index in [1.54, 1.807) is 19.1 Å². The van der Waals surface area contributed by atoms with E-state index < -0.39 is 12.0 Å². The molecule has 4 nitrogen and oxygen atoms in total. The van der Waals surface area contributed by atoms with Crippen LogP contribution in [0.4, 0.5) is 0 Å². The standard InChI is InChI=1S/C13H16ClNO3S/c1-2-11(13(17)18)15-12(16)8-19-7-9-3-5-10(14)6-4-9/h3-6,11H,2,7-8H2,1H3,(H,15,16)(H,17,18)/t11-/m1/s1. The number of carbonyl (C=O) groups excluding carboxylic acids is 1. The van der Waals surface area contributed by atoms with E-state index in [1.165, 1.54) is 11.8 Å². The lowest BCUT2D eigenvalue weighted by molar-refractivity contribution is -0.141. The number of carboxylic acid groups (broad SMARTS) is 1. The molecule has 0 bridgehead atoms. The summed E-state index contributed by atoms with van der Waals surface area (Å²) in [5.74, 6) is -0.326. The van der Waals surface area contributed by atoms with Crippen molar-refractivity contribution in [1.29, 1.82) is 0 Å². The van der Waals surface area contributed by atoms with Crippen molar-refractivity contribution in [1.82, 2.24) is 5.32 Å². The van der Waals surface area contributed by atoms with Gasteiger partial charge in [0.05, 0.1) is 5.75 Å². The van der Waals surface area contributed by atoms with Gasteiger partial charge in [0, 0.05) is 10.8 Å². The summed E-state index contributed by atoms with van der Waals surface area (Å²) in [4.78, 5) is 22.3. The van der Waals surface area contributed by atoms with Gasteiger partial charge < -0.3 is 10.4 Å². The van der Waals surface area contributed by atoms with Crippen LogP contribution in [-0.4, -0.2) is 28.8 Å². The van der Waals surface area contributed by atoms with Crippen LogP contribution in [0.25, 0.3) is 0 Å². The van der Waals surface area contributed by atoms with Gasteiger partial charge in [-0.05, 0) is 24.1 Å². The Balaban J connectivity index is 2.30. The number of halogens is 1. The highest BCUT2D eigenvalue weighted by molar-refractivity contribution is 7.99. The maximum absolute atomic E-state index is 11.5. The van der Waals surface area contributed by atoms with Crippen LogP contribution in [0.1, 0.15) is 18.9 Å². The maximum Gasteiger partial charge on any atom is 0.326 e. The molecule has 0 spiro atoms. The molecule has 0 aliphatic carbocycles. The molecular formula is C13H16ClNO3S. The van der Waals surface area contributed by atoms with Gasteiger partial charge in [0.15, 0.2) is 0 Å². The van der Waals surface area contributed by atoms with E-state index in [0.29, 0.717) is 17.2 Å². The third-order valence-electron chi connectivity index (χ3n) is 2.46. The van der Waals surface area contributed by atoms with Gasteiger partial charge in [0.1, 0.15) is 6.04 Å². The van der Waals surface area contributed by atoms with Gasteiger partial charge in [0.2, 0.25) is 5.91 Å². The number of benzene rings is 1. The SMILES string of the molecule is CC[C@@H](NC(=O)CSCc1ccc(Cl)cc1)C(=O)O. The quantitative estimate of drug-likeness (QED) is 0.812. The Hall–Kier alpha value is -1.20. The molecular weight excluding hydrogens is 286 g/mol. The zero-order valence-corrected chi connectivity index (χ0v) is 12.1. The van der Waals surface area contributed by atoms with Gasteiger partial charge >= 0.3 is 5.97 Å². The number of nitrogens with one attached hydrogen (secondary N) is 1. The molecule has 19 heavy (non-hydrogen) atoms. The molecule has 0 fully saturated rings. The van der Waals surface area contributed by atoms with Crippen molar-refractivity contribution in [2.75, 3.05) is 5.75 Å².